The maximum Gasteiger partial charge on any atom is 0.221 e. The van der Waals surface area contributed by atoms with Gasteiger partial charge in [0.05, 0.1) is 0 Å². The van der Waals surface area contributed by atoms with E-state index in [2.05, 4.69) is 10.6 Å². The lowest BCUT2D eigenvalue weighted by Gasteiger charge is -2.22. The molecule has 2 aromatic rings. The normalized spacial score (nSPS) is 14.6. The molecule has 0 radical (unpaired) electrons. The van der Waals surface area contributed by atoms with Gasteiger partial charge in [-0.25, -0.2) is 0 Å². The number of hydrogen-bond donors (Lipinski definition) is 2. The summed E-state index contributed by atoms with van der Waals surface area (Å²) < 4.78 is 5.78. The van der Waals surface area contributed by atoms with Crippen molar-refractivity contribution in [2.24, 2.45) is 0 Å². The van der Waals surface area contributed by atoms with Gasteiger partial charge < -0.3 is 15.4 Å². The summed E-state index contributed by atoms with van der Waals surface area (Å²) in [6.07, 6.45) is 6.54. The monoisotopic (exact) mass is 352 g/mol. The van der Waals surface area contributed by atoms with E-state index < -0.39 is 0 Å². The van der Waals surface area contributed by atoms with Gasteiger partial charge >= 0.3 is 0 Å². The van der Waals surface area contributed by atoms with Gasteiger partial charge in [0.15, 0.2) is 0 Å². The number of rotatable bonds is 8. The largest absolute Gasteiger partial charge is 0.489 e. The standard InChI is InChI=1S/C22H28N2O2/c25-22(24-20-9-5-2-6-10-20)15-16-23-19-11-13-21(14-12-19)26-17-18-7-3-1-4-8-18/h1,3-4,7-8,11-14,20,23H,2,5-6,9-10,15-17H2,(H,24,25). The molecule has 0 spiro atoms. The van der Waals surface area contributed by atoms with E-state index in [1.807, 2.05) is 54.6 Å². The van der Waals surface area contributed by atoms with E-state index in [1.165, 1.54) is 19.3 Å². The van der Waals surface area contributed by atoms with Gasteiger partial charge in [0, 0.05) is 24.7 Å². The number of carbonyl (C=O) groups excluding carboxylic acids is 1. The van der Waals surface area contributed by atoms with Crippen LogP contribution in [0.1, 0.15) is 44.1 Å². The number of ether oxygens (including phenoxy) is 1. The third kappa shape index (κ3) is 6.10. The average Bonchev–Trinajstić information content (AvgIpc) is 2.69. The van der Waals surface area contributed by atoms with E-state index in [1.54, 1.807) is 0 Å². The third-order valence-corrected chi connectivity index (χ3v) is 4.75. The quantitative estimate of drug-likeness (QED) is 0.734. The van der Waals surface area contributed by atoms with E-state index in [-0.39, 0.29) is 5.91 Å². The van der Waals surface area contributed by atoms with E-state index in [4.69, 9.17) is 4.74 Å². The van der Waals surface area contributed by atoms with Crippen LogP contribution in [0.25, 0.3) is 0 Å². The zero-order chi connectivity index (χ0) is 18.0. The third-order valence-electron chi connectivity index (χ3n) is 4.75. The Kier molecular flexibility index (Phi) is 6.94. The first-order valence-electron chi connectivity index (χ1n) is 9.59. The highest BCUT2D eigenvalue weighted by atomic mass is 16.5. The van der Waals surface area contributed by atoms with Crippen LogP contribution in [0.15, 0.2) is 54.6 Å². The van der Waals surface area contributed by atoms with Crippen molar-refractivity contribution in [3.8, 4) is 5.75 Å². The molecule has 0 heterocycles. The summed E-state index contributed by atoms with van der Waals surface area (Å²) in [7, 11) is 0. The molecule has 0 aliphatic heterocycles. The van der Waals surface area contributed by atoms with E-state index >= 15 is 0 Å². The smallest absolute Gasteiger partial charge is 0.221 e. The fraction of sp³-hybridized carbons (Fsp3) is 0.409. The molecule has 1 aliphatic carbocycles. The van der Waals surface area contributed by atoms with Crippen LogP contribution in [0, 0.1) is 0 Å². The number of carbonyl (C=O) groups is 1. The molecule has 0 atom stereocenters. The summed E-state index contributed by atoms with van der Waals surface area (Å²) in [6, 6.07) is 18.4. The Labute approximate surface area is 156 Å². The first-order chi connectivity index (χ1) is 12.8. The molecule has 1 amide bonds. The topological polar surface area (TPSA) is 50.4 Å². The first kappa shape index (κ1) is 18.3. The molecule has 4 nitrogen and oxygen atoms in total. The van der Waals surface area contributed by atoms with Gasteiger partial charge in [-0.3, -0.25) is 4.79 Å². The molecular weight excluding hydrogens is 324 g/mol. The second-order valence-corrected chi connectivity index (χ2v) is 6.88. The zero-order valence-electron chi connectivity index (χ0n) is 15.2. The van der Waals surface area contributed by atoms with Gasteiger partial charge in [0.1, 0.15) is 12.4 Å². The molecule has 0 bridgehead atoms. The van der Waals surface area contributed by atoms with Crippen LogP contribution in [0.2, 0.25) is 0 Å². The van der Waals surface area contributed by atoms with Crippen LogP contribution < -0.4 is 15.4 Å². The highest BCUT2D eigenvalue weighted by molar-refractivity contribution is 5.76. The first-order valence-corrected chi connectivity index (χ1v) is 9.59. The lowest BCUT2D eigenvalue weighted by molar-refractivity contribution is -0.121. The molecule has 0 unspecified atom stereocenters. The van der Waals surface area contributed by atoms with Crippen LogP contribution in [0.4, 0.5) is 5.69 Å². The summed E-state index contributed by atoms with van der Waals surface area (Å²) in [5, 5.41) is 6.45. The predicted molar refractivity (Wildman–Crippen MR) is 105 cm³/mol. The predicted octanol–water partition coefficient (Wildman–Crippen LogP) is 4.52. The van der Waals surface area contributed by atoms with Gasteiger partial charge in [-0.2, -0.15) is 0 Å². The van der Waals surface area contributed by atoms with E-state index in [9.17, 15) is 4.79 Å². The fourth-order valence-corrected chi connectivity index (χ4v) is 3.28. The van der Waals surface area contributed by atoms with Crippen molar-refractivity contribution in [2.75, 3.05) is 11.9 Å². The lowest BCUT2D eigenvalue weighted by atomic mass is 9.95. The molecular formula is C22H28N2O2. The Bertz CT molecular complexity index is 664. The summed E-state index contributed by atoms with van der Waals surface area (Å²) in [6.45, 7) is 1.21. The Morgan fingerprint density at radius 1 is 0.962 bits per heavy atom. The van der Waals surface area contributed by atoms with Crippen molar-refractivity contribution < 1.29 is 9.53 Å². The second-order valence-electron chi connectivity index (χ2n) is 6.88. The summed E-state index contributed by atoms with van der Waals surface area (Å²) in [5.41, 5.74) is 2.15. The molecule has 1 fully saturated rings. The van der Waals surface area contributed by atoms with Gasteiger partial charge in [-0.15, -0.1) is 0 Å². The maximum atomic E-state index is 12.0. The van der Waals surface area contributed by atoms with Gasteiger partial charge in [0.25, 0.3) is 0 Å². The summed E-state index contributed by atoms with van der Waals surface area (Å²) in [5.74, 6) is 0.988. The van der Waals surface area contributed by atoms with Crippen molar-refractivity contribution >= 4 is 11.6 Å². The van der Waals surface area contributed by atoms with Gasteiger partial charge in [0.2, 0.25) is 5.91 Å². The molecule has 0 saturated heterocycles. The highest BCUT2D eigenvalue weighted by Gasteiger charge is 2.15. The molecule has 0 aromatic heterocycles. The van der Waals surface area contributed by atoms with Crippen LogP contribution >= 0.6 is 0 Å². The number of amides is 1. The van der Waals surface area contributed by atoms with Crippen molar-refractivity contribution in [3.63, 3.8) is 0 Å². The number of anilines is 1. The van der Waals surface area contributed by atoms with Crippen molar-refractivity contribution in [1.29, 1.82) is 0 Å². The Morgan fingerprint density at radius 3 is 2.42 bits per heavy atom. The minimum atomic E-state index is 0.146. The van der Waals surface area contributed by atoms with Crippen molar-refractivity contribution in [2.45, 2.75) is 51.2 Å². The minimum absolute atomic E-state index is 0.146. The van der Waals surface area contributed by atoms with Gasteiger partial charge in [-0.05, 0) is 42.7 Å². The molecule has 26 heavy (non-hydrogen) atoms. The van der Waals surface area contributed by atoms with E-state index in [0.29, 0.717) is 25.6 Å². The van der Waals surface area contributed by atoms with Crippen LogP contribution in [0.5, 0.6) is 5.75 Å². The molecule has 2 aromatic carbocycles. The van der Waals surface area contributed by atoms with Crippen LogP contribution in [-0.2, 0) is 11.4 Å². The molecule has 4 heteroatoms. The molecule has 2 N–H and O–H groups in total. The van der Waals surface area contributed by atoms with Gasteiger partial charge in [-0.1, -0.05) is 49.6 Å². The average molecular weight is 352 g/mol. The van der Waals surface area contributed by atoms with Crippen LogP contribution in [0.3, 0.4) is 0 Å². The van der Waals surface area contributed by atoms with E-state index in [0.717, 1.165) is 29.8 Å². The molecule has 138 valence electrons. The SMILES string of the molecule is O=C(CCNc1ccc(OCc2ccccc2)cc1)NC1CCCCC1. The minimum Gasteiger partial charge on any atom is -0.489 e. The highest BCUT2D eigenvalue weighted by Crippen LogP contribution is 2.18. The van der Waals surface area contributed by atoms with Crippen LogP contribution in [-0.4, -0.2) is 18.5 Å². The fourth-order valence-electron chi connectivity index (χ4n) is 3.28. The number of hydrogen-bond acceptors (Lipinski definition) is 3. The second kappa shape index (κ2) is 9.85. The molecule has 1 saturated carbocycles. The Morgan fingerprint density at radius 2 is 1.69 bits per heavy atom. The molecule has 1 aliphatic rings. The zero-order valence-corrected chi connectivity index (χ0v) is 15.2. The molecule has 3 rings (SSSR count). The maximum absolute atomic E-state index is 12.0. The van der Waals surface area contributed by atoms with Crippen molar-refractivity contribution in [3.05, 3.63) is 60.2 Å². The Balaban J connectivity index is 1.35. The number of nitrogens with one attached hydrogen (secondary N) is 2. The Hall–Kier alpha value is -2.49. The summed E-state index contributed by atoms with van der Waals surface area (Å²) >= 11 is 0. The summed E-state index contributed by atoms with van der Waals surface area (Å²) in [4.78, 5) is 12.0. The number of benzene rings is 2. The van der Waals surface area contributed by atoms with Crippen molar-refractivity contribution in [1.82, 2.24) is 5.32 Å². The lowest BCUT2D eigenvalue weighted by Crippen LogP contribution is -2.36.